The van der Waals surface area contributed by atoms with Gasteiger partial charge >= 0.3 is 7.12 Å². The Labute approximate surface area is 211 Å². The Hall–Kier alpha value is -2.40. The highest BCUT2D eigenvalue weighted by atomic mass is 16.7. The summed E-state index contributed by atoms with van der Waals surface area (Å²) in [4.78, 5) is 2.65. The molecule has 1 aliphatic carbocycles. The summed E-state index contributed by atoms with van der Waals surface area (Å²) in [5.41, 5.74) is 4.60. The van der Waals surface area contributed by atoms with Gasteiger partial charge in [0.2, 0.25) is 0 Å². The Morgan fingerprint density at radius 2 is 1.17 bits per heavy atom. The fourth-order valence-corrected chi connectivity index (χ4v) is 5.39. The normalized spacial score (nSPS) is 20.7. The molecule has 1 saturated heterocycles. The van der Waals surface area contributed by atoms with Crippen molar-refractivity contribution in [3.05, 3.63) is 107 Å². The summed E-state index contributed by atoms with van der Waals surface area (Å²) in [7, 11) is -0.229. The second-order valence-corrected chi connectivity index (χ2v) is 11.5. The molecular weight excluding hydrogens is 429 g/mol. The summed E-state index contributed by atoms with van der Waals surface area (Å²) in [5, 5.41) is -0.0795. The SMILES string of the molecule is Cc1ccc(C(N(Cc2ccccc2)Cc2ccccc2)C2(B3OC(C)(C)C(C)(C)O3)CC2)cc1. The molecule has 1 saturated carbocycles. The van der Waals surface area contributed by atoms with Gasteiger partial charge < -0.3 is 9.31 Å². The fraction of sp³-hybridized carbons (Fsp3) is 0.419. The van der Waals surface area contributed by atoms with Crippen molar-refractivity contribution in [3.63, 3.8) is 0 Å². The van der Waals surface area contributed by atoms with Crippen LogP contribution < -0.4 is 0 Å². The van der Waals surface area contributed by atoms with E-state index in [-0.39, 0.29) is 29.7 Å². The molecule has 0 amide bonds. The van der Waals surface area contributed by atoms with Crippen LogP contribution in [-0.4, -0.2) is 23.2 Å². The molecule has 4 heteroatoms. The molecule has 0 N–H and O–H groups in total. The number of hydrogen-bond acceptors (Lipinski definition) is 3. The van der Waals surface area contributed by atoms with Crippen molar-refractivity contribution in [3.8, 4) is 0 Å². The molecule has 2 fully saturated rings. The van der Waals surface area contributed by atoms with Crippen LogP contribution in [0.25, 0.3) is 0 Å². The van der Waals surface area contributed by atoms with Crippen molar-refractivity contribution >= 4 is 7.12 Å². The summed E-state index contributed by atoms with van der Waals surface area (Å²) >= 11 is 0. The maximum absolute atomic E-state index is 6.72. The van der Waals surface area contributed by atoms with Gasteiger partial charge in [-0.3, -0.25) is 4.90 Å². The minimum atomic E-state index is -0.339. The van der Waals surface area contributed by atoms with Crippen LogP contribution >= 0.6 is 0 Å². The zero-order chi connectivity index (χ0) is 24.7. The predicted molar refractivity (Wildman–Crippen MR) is 144 cm³/mol. The van der Waals surface area contributed by atoms with Crippen LogP contribution in [0.1, 0.15) is 68.8 Å². The number of benzene rings is 3. The highest BCUT2D eigenvalue weighted by molar-refractivity contribution is 6.51. The molecule has 3 aromatic rings. The van der Waals surface area contributed by atoms with Gasteiger partial charge in [0.05, 0.1) is 11.2 Å². The molecule has 0 radical (unpaired) electrons. The van der Waals surface area contributed by atoms with Gasteiger partial charge in [-0.05, 0) is 64.2 Å². The summed E-state index contributed by atoms with van der Waals surface area (Å²) in [6, 6.07) is 31.0. The van der Waals surface area contributed by atoms with Gasteiger partial charge in [0.15, 0.2) is 0 Å². The van der Waals surface area contributed by atoms with Crippen LogP contribution in [-0.2, 0) is 22.4 Å². The molecule has 1 atom stereocenters. The van der Waals surface area contributed by atoms with Crippen LogP contribution in [0, 0.1) is 6.92 Å². The predicted octanol–water partition coefficient (Wildman–Crippen LogP) is 7.36. The van der Waals surface area contributed by atoms with E-state index in [1.54, 1.807) is 0 Å². The minimum Gasteiger partial charge on any atom is -0.403 e. The largest absolute Gasteiger partial charge is 0.466 e. The lowest BCUT2D eigenvalue weighted by atomic mass is 9.61. The van der Waals surface area contributed by atoms with Crippen LogP contribution in [0.5, 0.6) is 0 Å². The van der Waals surface area contributed by atoms with Crippen molar-refractivity contribution in [2.24, 2.45) is 0 Å². The first-order chi connectivity index (χ1) is 16.7. The first-order valence-electron chi connectivity index (χ1n) is 12.9. The Morgan fingerprint density at radius 1 is 0.714 bits per heavy atom. The van der Waals surface area contributed by atoms with Gasteiger partial charge in [0, 0.05) is 24.4 Å². The molecule has 1 aliphatic heterocycles. The molecule has 0 spiro atoms. The first-order valence-corrected chi connectivity index (χ1v) is 12.9. The van der Waals surface area contributed by atoms with Crippen LogP contribution in [0.2, 0.25) is 5.31 Å². The lowest BCUT2D eigenvalue weighted by Gasteiger charge is -2.39. The Kier molecular flexibility index (Phi) is 6.42. The molecule has 3 aromatic carbocycles. The van der Waals surface area contributed by atoms with Gasteiger partial charge in [0.1, 0.15) is 0 Å². The van der Waals surface area contributed by atoms with Gasteiger partial charge in [0.25, 0.3) is 0 Å². The van der Waals surface area contributed by atoms with Gasteiger partial charge in [-0.25, -0.2) is 0 Å². The first kappa shape index (κ1) is 24.3. The summed E-state index contributed by atoms with van der Waals surface area (Å²) in [5.74, 6) is 0. The Morgan fingerprint density at radius 3 is 1.60 bits per heavy atom. The van der Waals surface area contributed by atoms with E-state index in [9.17, 15) is 0 Å². The van der Waals surface area contributed by atoms with E-state index in [2.05, 4.69) is 124 Å². The molecule has 0 aromatic heterocycles. The number of aryl methyl sites for hydroxylation is 1. The maximum Gasteiger partial charge on any atom is 0.466 e. The third-order valence-corrected chi connectivity index (χ3v) is 8.31. The average Bonchev–Trinajstić information content (AvgIpc) is 3.58. The maximum atomic E-state index is 6.72. The monoisotopic (exact) mass is 467 g/mol. The lowest BCUT2D eigenvalue weighted by molar-refractivity contribution is 0.00578. The smallest absolute Gasteiger partial charge is 0.403 e. The summed E-state index contributed by atoms with van der Waals surface area (Å²) in [6.07, 6.45) is 2.20. The standard InChI is InChI=1S/C31H38BNO2/c1-24-16-18-27(19-17-24)28(31(20-21-31)32-34-29(2,3)30(4,5)35-32)33(22-25-12-8-6-9-13-25)23-26-14-10-7-11-15-26/h6-19,28H,20-23H2,1-5H3. The molecule has 35 heavy (non-hydrogen) atoms. The van der Waals surface area contributed by atoms with Gasteiger partial charge in [-0.1, -0.05) is 90.5 Å². The van der Waals surface area contributed by atoms with E-state index >= 15 is 0 Å². The van der Waals surface area contributed by atoms with E-state index in [0.717, 1.165) is 25.9 Å². The third kappa shape index (κ3) is 4.85. The molecule has 1 unspecified atom stereocenters. The molecular formula is C31H38BNO2. The van der Waals surface area contributed by atoms with E-state index in [0.29, 0.717) is 0 Å². The van der Waals surface area contributed by atoms with Crippen molar-refractivity contribution in [2.75, 3.05) is 0 Å². The Bertz CT molecular complexity index is 1070. The highest BCUT2D eigenvalue weighted by Crippen LogP contribution is 2.69. The molecule has 2 aliphatic rings. The second-order valence-electron chi connectivity index (χ2n) is 11.5. The van der Waals surface area contributed by atoms with E-state index in [1.807, 2.05) is 0 Å². The average molecular weight is 467 g/mol. The zero-order valence-electron chi connectivity index (χ0n) is 21.8. The van der Waals surface area contributed by atoms with Crippen LogP contribution in [0.4, 0.5) is 0 Å². The van der Waals surface area contributed by atoms with E-state index in [4.69, 9.17) is 9.31 Å². The van der Waals surface area contributed by atoms with E-state index in [1.165, 1.54) is 22.3 Å². The fourth-order valence-electron chi connectivity index (χ4n) is 5.39. The minimum absolute atomic E-state index is 0.0795. The zero-order valence-corrected chi connectivity index (χ0v) is 21.8. The highest BCUT2D eigenvalue weighted by Gasteiger charge is 2.68. The van der Waals surface area contributed by atoms with Crippen LogP contribution in [0.15, 0.2) is 84.9 Å². The molecule has 3 nitrogen and oxygen atoms in total. The van der Waals surface area contributed by atoms with Gasteiger partial charge in [-0.15, -0.1) is 0 Å². The van der Waals surface area contributed by atoms with Gasteiger partial charge in [-0.2, -0.15) is 0 Å². The topological polar surface area (TPSA) is 21.7 Å². The quantitative estimate of drug-likeness (QED) is 0.323. The number of hydrogen-bond donors (Lipinski definition) is 0. The Balaban J connectivity index is 1.58. The van der Waals surface area contributed by atoms with Crippen LogP contribution in [0.3, 0.4) is 0 Å². The second kappa shape index (κ2) is 9.24. The number of rotatable bonds is 8. The van der Waals surface area contributed by atoms with Crippen molar-refractivity contribution in [2.45, 2.75) is 83.1 Å². The van der Waals surface area contributed by atoms with E-state index < -0.39 is 0 Å². The molecule has 1 heterocycles. The van der Waals surface area contributed by atoms with Crippen molar-refractivity contribution in [1.29, 1.82) is 0 Å². The summed E-state index contributed by atoms with van der Waals surface area (Å²) < 4.78 is 13.4. The number of nitrogens with zero attached hydrogens (tertiary/aromatic N) is 1. The summed E-state index contributed by atoms with van der Waals surface area (Å²) in [6.45, 7) is 12.5. The third-order valence-electron chi connectivity index (χ3n) is 8.31. The molecule has 0 bridgehead atoms. The molecule has 5 rings (SSSR count). The molecule has 182 valence electrons. The van der Waals surface area contributed by atoms with Crippen molar-refractivity contribution in [1.82, 2.24) is 4.90 Å². The van der Waals surface area contributed by atoms with Crippen molar-refractivity contribution < 1.29 is 9.31 Å². The lowest BCUT2D eigenvalue weighted by Crippen LogP contribution is -2.41.